The minimum Gasteiger partial charge on any atom is -0.506 e. The molecule has 0 amide bonds. The van der Waals surface area contributed by atoms with Crippen LogP contribution in [0.4, 0.5) is 5.69 Å². The van der Waals surface area contributed by atoms with E-state index in [0.29, 0.717) is 11.6 Å². The summed E-state index contributed by atoms with van der Waals surface area (Å²) in [5.41, 5.74) is 0.869. The van der Waals surface area contributed by atoms with Crippen LogP contribution in [-0.2, 0) is 6.54 Å². The molecule has 15 heavy (non-hydrogen) atoms. The summed E-state index contributed by atoms with van der Waals surface area (Å²) in [5.74, 6) is 0.0939. The Kier molecular flexibility index (Phi) is 3.08. The number of hydrogen-bond acceptors (Lipinski definition) is 4. The van der Waals surface area contributed by atoms with Crippen LogP contribution in [0.1, 0.15) is 5.01 Å². The van der Waals surface area contributed by atoms with Gasteiger partial charge in [-0.05, 0) is 18.2 Å². The molecule has 0 aliphatic rings. The second kappa shape index (κ2) is 4.51. The van der Waals surface area contributed by atoms with Crippen LogP contribution in [0.15, 0.2) is 29.8 Å². The van der Waals surface area contributed by atoms with Gasteiger partial charge in [-0.15, -0.1) is 11.3 Å². The van der Waals surface area contributed by atoms with Crippen molar-refractivity contribution in [1.82, 2.24) is 4.98 Å². The standard InChI is InChI=1S/C10H9ClN2OS/c11-8-5-7(1-2-9(8)14)13-6-10-12-3-4-15-10/h1-5,13-14H,6H2. The minimum absolute atomic E-state index is 0.0939. The molecule has 0 radical (unpaired) electrons. The summed E-state index contributed by atoms with van der Waals surface area (Å²) in [4.78, 5) is 4.14. The summed E-state index contributed by atoms with van der Waals surface area (Å²) in [6.45, 7) is 0.665. The Morgan fingerprint density at radius 3 is 3.00 bits per heavy atom. The van der Waals surface area contributed by atoms with E-state index < -0.39 is 0 Å². The summed E-state index contributed by atoms with van der Waals surface area (Å²) in [7, 11) is 0. The lowest BCUT2D eigenvalue weighted by molar-refractivity contribution is 0.475. The molecule has 0 spiro atoms. The number of benzene rings is 1. The van der Waals surface area contributed by atoms with Crippen LogP contribution in [0, 0.1) is 0 Å². The molecule has 2 aromatic rings. The highest BCUT2D eigenvalue weighted by molar-refractivity contribution is 7.09. The highest BCUT2D eigenvalue weighted by atomic mass is 35.5. The molecule has 78 valence electrons. The molecule has 0 aliphatic carbocycles. The van der Waals surface area contributed by atoms with Crippen LogP contribution >= 0.6 is 22.9 Å². The Morgan fingerprint density at radius 1 is 1.47 bits per heavy atom. The van der Waals surface area contributed by atoms with E-state index in [-0.39, 0.29) is 5.75 Å². The molecule has 0 saturated heterocycles. The van der Waals surface area contributed by atoms with E-state index in [0.717, 1.165) is 10.7 Å². The molecule has 0 aliphatic heterocycles. The van der Waals surface area contributed by atoms with E-state index in [1.54, 1.807) is 35.7 Å². The first kappa shape index (κ1) is 10.3. The van der Waals surface area contributed by atoms with Crippen LogP contribution in [0.2, 0.25) is 5.02 Å². The quantitative estimate of drug-likeness (QED) is 0.811. The number of aromatic nitrogens is 1. The van der Waals surface area contributed by atoms with Crippen LogP contribution in [0.3, 0.4) is 0 Å². The molecule has 1 heterocycles. The van der Waals surface area contributed by atoms with Crippen LogP contribution in [0.25, 0.3) is 0 Å². The number of thiazole rings is 1. The Labute approximate surface area is 96.4 Å². The first-order valence-electron chi connectivity index (χ1n) is 4.36. The number of nitrogens with zero attached hydrogens (tertiary/aromatic N) is 1. The Hall–Kier alpha value is -1.26. The molecule has 0 atom stereocenters. The van der Waals surface area contributed by atoms with Gasteiger partial charge in [-0.25, -0.2) is 4.98 Å². The molecular weight excluding hydrogens is 232 g/mol. The third-order valence-corrected chi connectivity index (χ3v) is 2.96. The first-order valence-corrected chi connectivity index (χ1v) is 5.62. The molecule has 0 fully saturated rings. The minimum atomic E-state index is 0.0939. The highest BCUT2D eigenvalue weighted by Crippen LogP contribution is 2.26. The SMILES string of the molecule is Oc1ccc(NCc2nccs2)cc1Cl. The fourth-order valence-corrected chi connectivity index (χ4v) is 1.87. The van der Waals surface area contributed by atoms with Gasteiger partial charge in [-0.3, -0.25) is 0 Å². The van der Waals surface area contributed by atoms with Gasteiger partial charge in [-0.2, -0.15) is 0 Å². The summed E-state index contributed by atoms with van der Waals surface area (Å²) in [6.07, 6.45) is 1.77. The van der Waals surface area contributed by atoms with Gasteiger partial charge in [0.15, 0.2) is 0 Å². The topological polar surface area (TPSA) is 45.1 Å². The number of halogens is 1. The van der Waals surface area contributed by atoms with Gasteiger partial charge in [-0.1, -0.05) is 11.6 Å². The number of nitrogens with one attached hydrogen (secondary N) is 1. The third kappa shape index (κ3) is 2.61. The lowest BCUT2D eigenvalue weighted by Gasteiger charge is -2.05. The number of phenolic OH excluding ortho intramolecular Hbond substituents is 1. The molecule has 0 bridgehead atoms. The molecule has 0 saturated carbocycles. The van der Waals surface area contributed by atoms with Gasteiger partial charge < -0.3 is 10.4 Å². The lowest BCUT2D eigenvalue weighted by atomic mass is 10.3. The zero-order chi connectivity index (χ0) is 10.7. The predicted octanol–water partition coefficient (Wildman–Crippen LogP) is 3.11. The van der Waals surface area contributed by atoms with E-state index in [1.807, 2.05) is 5.38 Å². The van der Waals surface area contributed by atoms with Crippen molar-refractivity contribution >= 4 is 28.6 Å². The third-order valence-electron chi connectivity index (χ3n) is 1.87. The van der Waals surface area contributed by atoms with Crippen molar-refractivity contribution in [3.63, 3.8) is 0 Å². The molecule has 0 unspecified atom stereocenters. The van der Waals surface area contributed by atoms with Crippen LogP contribution < -0.4 is 5.32 Å². The lowest BCUT2D eigenvalue weighted by Crippen LogP contribution is -1.98. The maximum Gasteiger partial charge on any atom is 0.134 e. The number of phenols is 1. The van der Waals surface area contributed by atoms with E-state index in [9.17, 15) is 5.11 Å². The molecule has 5 heteroatoms. The molecule has 2 N–H and O–H groups in total. The highest BCUT2D eigenvalue weighted by Gasteiger charge is 2.00. The molecule has 3 nitrogen and oxygen atoms in total. The van der Waals surface area contributed by atoms with Crippen molar-refractivity contribution < 1.29 is 5.11 Å². The Balaban J connectivity index is 2.02. The number of rotatable bonds is 3. The van der Waals surface area contributed by atoms with E-state index in [2.05, 4.69) is 10.3 Å². The van der Waals surface area contributed by atoms with Gasteiger partial charge in [0, 0.05) is 17.3 Å². The van der Waals surface area contributed by atoms with Crippen molar-refractivity contribution in [2.75, 3.05) is 5.32 Å². The van der Waals surface area contributed by atoms with Crippen LogP contribution in [-0.4, -0.2) is 10.1 Å². The van der Waals surface area contributed by atoms with Crippen molar-refractivity contribution in [2.45, 2.75) is 6.54 Å². The average molecular weight is 241 g/mol. The van der Waals surface area contributed by atoms with Gasteiger partial charge in [0.1, 0.15) is 10.8 Å². The number of anilines is 1. The summed E-state index contributed by atoms with van der Waals surface area (Å²) in [6, 6.07) is 5.02. The maximum absolute atomic E-state index is 9.23. The Morgan fingerprint density at radius 2 is 2.33 bits per heavy atom. The Bertz CT molecular complexity index is 445. The second-order valence-electron chi connectivity index (χ2n) is 2.95. The smallest absolute Gasteiger partial charge is 0.134 e. The number of hydrogen-bond donors (Lipinski definition) is 2. The zero-order valence-corrected chi connectivity index (χ0v) is 9.35. The largest absolute Gasteiger partial charge is 0.506 e. The van der Waals surface area contributed by atoms with Crippen molar-refractivity contribution in [3.8, 4) is 5.75 Å². The van der Waals surface area contributed by atoms with Gasteiger partial charge in [0.05, 0.1) is 11.6 Å². The summed E-state index contributed by atoms with van der Waals surface area (Å²) < 4.78 is 0. The molecule has 1 aromatic carbocycles. The van der Waals surface area contributed by atoms with Crippen molar-refractivity contribution in [3.05, 3.63) is 39.8 Å². The van der Waals surface area contributed by atoms with E-state index in [1.165, 1.54) is 0 Å². The molecule has 1 aromatic heterocycles. The zero-order valence-electron chi connectivity index (χ0n) is 7.77. The second-order valence-corrected chi connectivity index (χ2v) is 4.33. The maximum atomic E-state index is 9.23. The average Bonchev–Trinajstić information content (AvgIpc) is 2.73. The predicted molar refractivity (Wildman–Crippen MR) is 62.6 cm³/mol. The van der Waals surface area contributed by atoms with Crippen LogP contribution in [0.5, 0.6) is 5.75 Å². The monoisotopic (exact) mass is 240 g/mol. The van der Waals surface area contributed by atoms with Crippen molar-refractivity contribution in [1.29, 1.82) is 0 Å². The van der Waals surface area contributed by atoms with E-state index in [4.69, 9.17) is 11.6 Å². The van der Waals surface area contributed by atoms with Crippen molar-refractivity contribution in [2.24, 2.45) is 0 Å². The van der Waals surface area contributed by atoms with Gasteiger partial charge in [0.25, 0.3) is 0 Å². The first-order chi connectivity index (χ1) is 7.25. The normalized spacial score (nSPS) is 10.2. The van der Waals surface area contributed by atoms with Gasteiger partial charge in [0.2, 0.25) is 0 Å². The fraction of sp³-hybridized carbons (Fsp3) is 0.100. The molecular formula is C10H9ClN2OS. The van der Waals surface area contributed by atoms with Gasteiger partial charge >= 0.3 is 0 Å². The molecule has 2 rings (SSSR count). The fourth-order valence-electron chi connectivity index (χ4n) is 1.13. The summed E-state index contributed by atoms with van der Waals surface area (Å²) in [5, 5.41) is 15.7. The van der Waals surface area contributed by atoms with E-state index >= 15 is 0 Å². The summed E-state index contributed by atoms with van der Waals surface area (Å²) >= 11 is 7.36. The number of aromatic hydroxyl groups is 1.